The summed E-state index contributed by atoms with van der Waals surface area (Å²) < 4.78 is 46.6. The molecule has 1 aromatic heterocycles. The smallest absolute Gasteiger partial charge is 0.423 e. The minimum absolute atomic E-state index is 0.217. The van der Waals surface area contributed by atoms with Crippen LogP contribution in [0.2, 0.25) is 0 Å². The topological polar surface area (TPSA) is 65.2 Å². The molecule has 0 unspecified atom stereocenters. The average Bonchev–Trinajstić information content (AvgIpc) is 3.06. The molecule has 0 spiro atoms. The number of carbonyl (C=O) groups is 1. The number of esters is 1. The van der Waals surface area contributed by atoms with Crippen molar-refractivity contribution in [3.05, 3.63) is 66.1 Å². The van der Waals surface area contributed by atoms with Crippen LogP contribution in [0.5, 0.6) is 5.75 Å². The summed E-state index contributed by atoms with van der Waals surface area (Å²) in [4.78, 5) is 15.3. The molecule has 3 rings (SSSR count). The summed E-state index contributed by atoms with van der Waals surface area (Å²) in [5, 5.41) is 3.27. The molecule has 0 fully saturated rings. The average molecular weight is 334 g/mol. The second-order valence-electron chi connectivity index (χ2n) is 4.70. The molecule has 0 saturated heterocycles. The number of benzene rings is 2. The number of hydrogen-bond donors (Lipinski definition) is 0. The summed E-state index contributed by atoms with van der Waals surface area (Å²) in [5.41, 5.74) is 0.521. The molecule has 5 nitrogen and oxygen atoms in total. The van der Waals surface area contributed by atoms with Gasteiger partial charge in [0.2, 0.25) is 5.82 Å². The van der Waals surface area contributed by atoms with E-state index < -0.39 is 18.0 Å². The Morgan fingerprint density at radius 3 is 2.25 bits per heavy atom. The van der Waals surface area contributed by atoms with Crippen LogP contribution in [-0.2, 0) is 6.18 Å². The normalized spacial score (nSPS) is 11.3. The lowest BCUT2D eigenvalue weighted by atomic mass is 10.1. The summed E-state index contributed by atoms with van der Waals surface area (Å²) in [6.45, 7) is 0. The van der Waals surface area contributed by atoms with Gasteiger partial charge in [-0.3, -0.25) is 0 Å². The predicted molar refractivity (Wildman–Crippen MR) is 76.1 cm³/mol. The molecule has 0 amide bonds. The minimum atomic E-state index is -4.70. The molecule has 3 aromatic rings. The van der Waals surface area contributed by atoms with Crippen LogP contribution in [0.15, 0.2) is 59.1 Å². The maximum absolute atomic E-state index is 12.4. The zero-order valence-electron chi connectivity index (χ0n) is 11.9. The van der Waals surface area contributed by atoms with E-state index in [0.29, 0.717) is 5.75 Å². The maximum Gasteiger partial charge on any atom is 0.471 e. The SMILES string of the molecule is O=C(Oc1ccccc1)c1ccc(-c2noc(C(F)(F)F)n2)cc1. The molecule has 2 aromatic carbocycles. The summed E-state index contributed by atoms with van der Waals surface area (Å²) >= 11 is 0. The minimum Gasteiger partial charge on any atom is -0.423 e. The number of ether oxygens (including phenoxy) is 1. The van der Waals surface area contributed by atoms with Gasteiger partial charge >= 0.3 is 18.0 Å². The van der Waals surface area contributed by atoms with Gasteiger partial charge in [-0.2, -0.15) is 18.2 Å². The van der Waals surface area contributed by atoms with Crippen molar-refractivity contribution in [3.8, 4) is 17.1 Å². The fourth-order valence-electron chi connectivity index (χ4n) is 1.87. The van der Waals surface area contributed by atoms with E-state index in [9.17, 15) is 18.0 Å². The lowest BCUT2D eigenvalue weighted by Crippen LogP contribution is -2.08. The van der Waals surface area contributed by atoms with Crippen LogP contribution in [0.25, 0.3) is 11.4 Å². The number of hydrogen-bond acceptors (Lipinski definition) is 5. The van der Waals surface area contributed by atoms with Crippen molar-refractivity contribution in [1.29, 1.82) is 0 Å². The van der Waals surface area contributed by atoms with Crippen LogP contribution in [0.1, 0.15) is 16.2 Å². The standard InChI is InChI=1S/C16H9F3N2O3/c17-16(18,19)15-20-13(21-24-15)10-6-8-11(9-7-10)14(22)23-12-4-2-1-3-5-12/h1-9H. The van der Waals surface area contributed by atoms with Crippen molar-refractivity contribution in [2.75, 3.05) is 0 Å². The van der Waals surface area contributed by atoms with E-state index in [1.165, 1.54) is 24.3 Å². The molecule has 0 aliphatic carbocycles. The Labute approximate surface area is 133 Å². The van der Waals surface area contributed by atoms with Gasteiger partial charge in [-0.25, -0.2) is 4.79 Å². The Bertz CT molecular complexity index is 843. The van der Waals surface area contributed by atoms with Gasteiger partial charge < -0.3 is 9.26 Å². The van der Waals surface area contributed by atoms with Crippen LogP contribution in [0, 0.1) is 0 Å². The highest BCUT2D eigenvalue weighted by Gasteiger charge is 2.38. The molecule has 0 atom stereocenters. The quantitative estimate of drug-likeness (QED) is 0.535. The Balaban J connectivity index is 1.76. The fraction of sp³-hybridized carbons (Fsp3) is 0.0625. The highest BCUT2D eigenvalue weighted by Crippen LogP contribution is 2.29. The molecule has 0 N–H and O–H groups in total. The van der Waals surface area contributed by atoms with Gasteiger partial charge in [0, 0.05) is 5.56 Å². The van der Waals surface area contributed by atoms with E-state index in [2.05, 4.69) is 14.7 Å². The first kappa shape index (κ1) is 15.7. The van der Waals surface area contributed by atoms with Gasteiger partial charge in [0.1, 0.15) is 5.75 Å². The fourth-order valence-corrected chi connectivity index (χ4v) is 1.87. The highest BCUT2D eigenvalue weighted by atomic mass is 19.4. The number of alkyl halides is 3. The van der Waals surface area contributed by atoms with E-state index in [-0.39, 0.29) is 17.0 Å². The lowest BCUT2D eigenvalue weighted by molar-refractivity contribution is -0.159. The number of rotatable bonds is 3. The number of para-hydroxylation sites is 1. The van der Waals surface area contributed by atoms with E-state index in [1.54, 1.807) is 30.3 Å². The van der Waals surface area contributed by atoms with Crippen LogP contribution >= 0.6 is 0 Å². The number of nitrogens with zero attached hydrogens (tertiary/aromatic N) is 2. The third-order valence-corrected chi connectivity index (χ3v) is 3.00. The van der Waals surface area contributed by atoms with Crippen molar-refractivity contribution < 1.29 is 27.2 Å². The largest absolute Gasteiger partial charge is 0.471 e. The zero-order chi connectivity index (χ0) is 17.2. The van der Waals surface area contributed by atoms with Crippen LogP contribution in [0.3, 0.4) is 0 Å². The monoisotopic (exact) mass is 334 g/mol. The molecule has 0 saturated carbocycles. The summed E-state index contributed by atoms with van der Waals surface area (Å²) in [6, 6.07) is 14.1. The molecule has 0 bridgehead atoms. The van der Waals surface area contributed by atoms with Crippen LogP contribution in [-0.4, -0.2) is 16.1 Å². The second-order valence-corrected chi connectivity index (χ2v) is 4.70. The summed E-state index contributed by atoms with van der Waals surface area (Å²) in [6.07, 6.45) is -4.70. The van der Waals surface area contributed by atoms with Gasteiger partial charge in [-0.05, 0) is 24.3 Å². The highest BCUT2D eigenvalue weighted by molar-refractivity contribution is 5.91. The number of carbonyl (C=O) groups excluding carboxylic acids is 1. The van der Waals surface area contributed by atoms with Gasteiger partial charge in [0.05, 0.1) is 5.56 Å². The summed E-state index contributed by atoms with van der Waals surface area (Å²) in [7, 11) is 0. The van der Waals surface area contributed by atoms with E-state index in [4.69, 9.17) is 4.74 Å². The van der Waals surface area contributed by atoms with Gasteiger partial charge in [-0.1, -0.05) is 35.5 Å². The van der Waals surface area contributed by atoms with E-state index in [1.807, 2.05) is 0 Å². The van der Waals surface area contributed by atoms with Gasteiger partial charge in [0.25, 0.3) is 0 Å². The summed E-state index contributed by atoms with van der Waals surface area (Å²) in [5.74, 6) is -1.84. The third-order valence-electron chi connectivity index (χ3n) is 3.00. The first-order chi connectivity index (χ1) is 11.4. The molecule has 0 aliphatic heterocycles. The Morgan fingerprint density at radius 1 is 1.00 bits per heavy atom. The van der Waals surface area contributed by atoms with Crippen molar-refractivity contribution in [2.45, 2.75) is 6.18 Å². The molecule has 24 heavy (non-hydrogen) atoms. The van der Waals surface area contributed by atoms with Crippen molar-refractivity contribution >= 4 is 5.97 Å². The number of aromatic nitrogens is 2. The first-order valence-corrected chi connectivity index (χ1v) is 6.72. The molecule has 0 aliphatic rings. The van der Waals surface area contributed by atoms with Crippen molar-refractivity contribution in [1.82, 2.24) is 10.1 Å². The first-order valence-electron chi connectivity index (χ1n) is 6.72. The molecule has 0 radical (unpaired) electrons. The van der Waals surface area contributed by atoms with Crippen LogP contribution in [0.4, 0.5) is 13.2 Å². The molecular formula is C16H9F3N2O3. The lowest BCUT2D eigenvalue weighted by Gasteiger charge is -2.04. The Kier molecular flexibility index (Phi) is 4.03. The molecule has 122 valence electrons. The van der Waals surface area contributed by atoms with Crippen molar-refractivity contribution in [2.24, 2.45) is 0 Å². The molecular weight excluding hydrogens is 325 g/mol. The van der Waals surface area contributed by atoms with Gasteiger partial charge in [0.15, 0.2) is 0 Å². The third kappa shape index (κ3) is 3.43. The second kappa shape index (κ2) is 6.15. The van der Waals surface area contributed by atoms with E-state index >= 15 is 0 Å². The Morgan fingerprint density at radius 2 is 1.67 bits per heavy atom. The van der Waals surface area contributed by atoms with Gasteiger partial charge in [-0.15, -0.1) is 0 Å². The Hall–Kier alpha value is -3.16. The zero-order valence-corrected chi connectivity index (χ0v) is 11.9. The number of halogens is 3. The van der Waals surface area contributed by atoms with Crippen molar-refractivity contribution in [3.63, 3.8) is 0 Å². The predicted octanol–water partition coefficient (Wildman–Crippen LogP) is 3.97. The molecule has 8 heteroatoms. The van der Waals surface area contributed by atoms with E-state index in [0.717, 1.165) is 0 Å². The maximum atomic E-state index is 12.4. The van der Waals surface area contributed by atoms with Crippen LogP contribution < -0.4 is 4.74 Å². The molecule has 1 heterocycles.